The van der Waals surface area contributed by atoms with E-state index in [9.17, 15) is 4.79 Å². The smallest absolute Gasteiger partial charge is 0.252 e. The Bertz CT molecular complexity index is 1360. The molecule has 0 radical (unpaired) electrons. The van der Waals surface area contributed by atoms with Gasteiger partial charge >= 0.3 is 0 Å². The number of H-pyrrole nitrogens is 1. The Morgan fingerprint density at radius 3 is 2.50 bits per heavy atom. The van der Waals surface area contributed by atoms with Crippen LogP contribution < -0.4 is 10.3 Å². The van der Waals surface area contributed by atoms with Gasteiger partial charge in [-0.2, -0.15) is 0 Å². The number of fused-ring (bicyclic) bond motifs is 1. The molecule has 2 aromatic heterocycles. The first kappa shape index (κ1) is 25.5. The number of nitrogens with one attached hydrogen (secondary N) is 1. The molecule has 0 bridgehead atoms. The summed E-state index contributed by atoms with van der Waals surface area (Å²) >= 11 is 0. The summed E-state index contributed by atoms with van der Waals surface area (Å²) in [5.74, 6) is 1.56. The van der Waals surface area contributed by atoms with Crippen molar-refractivity contribution in [2.75, 3.05) is 20.8 Å². The number of rotatable bonds is 11. The molecule has 1 N–H and O–H groups in total. The van der Waals surface area contributed by atoms with E-state index in [-0.39, 0.29) is 11.6 Å². The van der Waals surface area contributed by atoms with Crippen molar-refractivity contribution in [3.05, 3.63) is 80.9 Å². The summed E-state index contributed by atoms with van der Waals surface area (Å²) in [5.41, 5.74) is 4.81. The molecule has 1 atom stereocenters. The van der Waals surface area contributed by atoms with Gasteiger partial charge in [0, 0.05) is 31.1 Å². The van der Waals surface area contributed by atoms with Gasteiger partial charge in [0.1, 0.15) is 5.75 Å². The van der Waals surface area contributed by atoms with Crippen LogP contribution in [-0.4, -0.2) is 50.9 Å². The lowest BCUT2D eigenvalue weighted by Crippen LogP contribution is -2.32. The van der Waals surface area contributed by atoms with Gasteiger partial charge in [-0.1, -0.05) is 31.2 Å². The van der Waals surface area contributed by atoms with E-state index in [1.807, 2.05) is 43.3 Å². The van der Waals surface area contributed by atoms with Gasteiger partial charge in [-0.25, -0.2) is 4.68 Å². The second-order valence-corrected chi connectivity index (χ2v) is 9.04. The third-order valence-corrected chi connectivity index (χ3v) is 6.63. The molecule has 0 saturated carbocycles. The molecule has 9 heteroatoms. The van der Waals surface area contributed by atoms with Crippen LogP contribution in [0, 0.1) is 13.8 Å². The number of aromatic nitrogens is 5. The Morgan fingerprint density at radius 2 is 1.81 bits per heavy atom. The molecule has 4 rings (SSSR count). The van der Waals surface area contributed by atoms with Crippen LogP contribution in [0.5, 0.6) is 5.75 Å². The molecule has 9 nitrogen and oxygen atoms in total. The number of tetrazole rings is 1. The Labute approximate surface area is 211 Å². The molecule has 0 aliphatic heterocycles. The van der Waals surface area contributed by atoms with Crippen LogP contribution in [0.2, 0.25) is 0 Å². The molecule has 2 heterocycles. The lowest BCUT2D eigenvalue weighted by molar-refractivity contribution is 0.151. The van der Waals surface area contributed by atoms with Gasteiger partial charge in [0.05, 0.1) is 31.8 Å². The van der Waals surface area contributed by atoms with E-state index in [4.69, 9.17) is 9.47 Å². The van der Waals surface area contributed by atoms with Crippen molar-refractivity contribution in [3.63, 3.8) is 0 Å². The molecule has 0 spiro atoms. The van der Waals surface area contributed by atoms with Crippen LogP contribution in [0.4, 0.5) is 0 Å². The minimum atomic E-state index is -0.104. The normalized spacial score (nSPS) is 12.4. The molecule has 0 amide bonds. The maximum Gasteiger partial charge on any atom is 0.252 e. The first-order valence-electron chi connectivity index (χ1n) is 12.2. The molecule has 190 valence electrons. The lowest BCUT2D eigenvalue weighted by atomic mass is 10.0. The fourth-order valence-electron chi connectivity index (χ4n) is 4.59. The van der Waals surface area contributed by atoms with Crippen molar-refractivity contribution in [3.8, 4) is 5.75 Å². The van der Waals surface area contributed by atoms with Gasteiger partial charge in [-0.3, -0.25) is 9.69 Å². The number of pyridine rings is 1. The van der Waals surface area contributed by atoms with Crippen LogP contribution in [0.15, 0.2) is 47.3 Å². The van der Waals surface area contributed by atoms with Crippen LogP contribution in [0.25, 0.3) is 10.9 Å². The first-order chi connectivity index (χ1) is 17.4. The Kier molecular flexibility index (Phi) is 8.12. The van der Waals surface area contributed by atoms with Crippen LogP contribution in [0.3, 0.4) is 0 Å². The van der Waals surface area contributed by atoms with Gasteiger partial charge in [0.15, 0.2) is 5.82 Å². The average Bonchev–Trinajstić information content (AvgIpc) is 3.35. The van der Waals surface area contributed by atoms with Crippen molar-refractivity contribution in [2.24, 2.45) is 0 Å². The molecule has 0 fully saturated rings. The van der Waals surface area contributed by atoms with Gasteiger partial charge in [0.2, 0.25) is 0 Å². The van der Waals surface area contributed by atoms with Crippen molar-refractivity contribution in [1.29, 1.82) is 0 Å². The molecular formula is C27H34N6O3. The molecular weight excluding hydrogens is 456 g/mol. The standard InChI is InChI=1S/C27H34N6O3/c1-6-24(26-29-30-31-33(26)13-14-35-4)32(16-20-9-11-22(36-5)12-10-20)17-21-15-23-18(2)7-8-19(3)25(23)28-27(21)34/h7-12,15,24H,6,13-14,16-17H2,1-5H3,(H,28,34). The minimum Gasteiger partial charge on any atom is -0.497 e. The SMILES string of the molecule is CCC(c1nnnn1CCOC)N(Cc1ccc(OC)cc1)Cc1cc2c(C)ccc(C)c2[nH]c1=O. The van der Waals surface area contributed by atoms with E-state index in [0.717, 1.165) is 45.6 Å². The largest absolute Gasteiger partial charge is 0.497 e. The third-order valence-electron chi connectivity index (χ3n) is 6.63. The molecule has 0 aliphatic carbocycles. The summed E-state index contributed by atoms with van der Waals surface area (Å²) in [6, 6.07) is 14.0. The number of nitrogens with zero attached hydrogens (tertiary/aromatic N) is 5. The Balaban J connectivity index is 1.75. The second-order valence-electron chi connectivity index (χ2n) is 9.04. The van der Waals surface area contributed by atoms with E-state index in [1.54, 1.807) is 18.9 Å². The molecule has 0 aliphatic rings. The maximum absolute atomic E-state index is 13.2. The Morgan fingerprint density at radius 1 is 1.06 bits per heavy atom. The monoisotopic (exact) mass is 490 g/mol. The van der Waals surface area contributed by atoms with E-state index in [2.05, 4.69) is 45.3 Å². The topological polar surface area (TPSA) is 98.2 Å². The third kappa shape index (κ3) is 5.47. The summed E-state index contributed by atoms with van der Waals surface area (Å²) < 4.78 is 12.4. The van der Waals surface area contributed by atoms with Crippen LogP contribution >= 0.6 is 0 Å². The number of aryl methyl sites for hydroxylation is 2. The summed E-state index contributed by atoms with van der Waals surface area (Å²) in [4.78, 5) is 18.6. The fourth-order valence-corrected chi connectivity index (χ4v) is 4.59. The first-order valence-corrected chi connectivity index (χ1v) is 12.2. The maximum atomic E-state index is 13.2. The lowest BCUT2D eigenvalue weighted by Gasteiger charge is -2.30. The van der Waals surface area contributed by atoms with Crippen molar-refractivity contribution < 1.29 is 9.47 Å². The fraction of sp³-hybridized carbons (Fsp3) is 0.407. The zero-order valence-corrected chi connectivity index (χ0v) is 21.6. The number of benzene rings is 2. The second kappa shape index (κ2) is 11.5. The van der Waals surface area contributed by atoms with Crippen LogP contribution in [0.1, 0.15) is 47.5 Å². The predicted molar refractivity (Wildman–Crippen MR) is 139 cm³/mol. The summed E-state index contributed by atoms with van der Waals surface area (Å²) in [7, 11) is 3.32. The highest BCUT2D eigenvalue weighted by Crippen LogP contribution is 2.28. The zero-order chi connectivity index (χ0) is 25.7. The highest BCUT2D eigenvalue weighted by Gasteiger charge is 2.26. The number of methoxy groups -OCH3 is 2. The minimum absolute atomic E-state index is 0.0789. The highest BCUT2D eigenvalue weighted by molar-refractivity contribution is 5.85. The van der Waals surface area contributed by atoms with E-state index in [1.165, 1.54) is 0 Å². The molecule has 1 unspecified atom stereocenters. The molecule has 2 aromatic carbocycles. The van der Waals surface area contributed by atoms with Crippen molar-refractivity contribution in [2.45, 2.75) is 52.9 Å². The van der Waals surface area contributed by atoms with Gasteiger partial charge < -0.3 is 14.5 Å². The highest BCUT2D eigenvalue weighted by atomic mass is 16.5. The average molecular weight is 491 g/mol. The number of hydrogen-bond donors (Lipinski definition) is 1. The number of ether oxygens (including phenoxy) is 2. The van der Waals surface area contributed by atoms with E-state index >= 15 is 0 Å². The molecule has 4 aromatic rings. The molecule has 0 saturated heterocycles. The van der Waals surface area contributed by atoms with E-state index in [0.29, 0.717) is 31.8 Å². The summed E-state index contributed by atoms with van der Waals surface area (Å²) in [6.45, 7) is 8.32. The van der Waals surface area contributed by atoms with Crippen molar-refractivity contribution in [1.82, 2.24) is 30.1 Å². The van der Waals surface area contributed by atoms with Gasteiger partial charge in [-0.05, 0) is 65.6 Å². The quantitative estimate of drug-likeness (QED) is 0.340. The zero-order valence-electron chi connectivity index (χ0n) is 21.6. The predicted octanol–water partition coefficient (Wildman–Crippen LogP) is 3.94. The number of aromatic amines is 1. The molecule has 36 heavy (non-hydrogen) atoms. The van der Waals surface area contributed by atoms with Crippen LogP contribution in [-0.2, 0) is 24.4 Å². The summed E-state index contributed by atoms with van der Waals surface area (Å²) in [5, 5.41) is 13.6. The Hall–Kier alpha value is -3.56. The number of hydrogen-bond acceptors (Lipinski definition) is 7. The van der Waals surface area contributed by atoms with Gasteiger partial charge in [0.25, 0.3) is 5.56 Å². The summed E-state index contributed by atoms with van der Waals surface area (Å²) in [6.07, 6.45) is 0.771. The van der Waals surface area contributed by atoms with Gasteiger partial charge in [-0.15, -0.1) is 5.10 Å². The van der Waals surface area contributed by atoms with Crippen molar-refractivity contribution >= 4 is 10.9 Å². The van der Waals surface area contributed by atoms with E-state index < -0.39 is 0 Å².